The first-order chi connectivity index (χ1) is 9.72. The van der Waals surface area contributed by atoms with Gasteiger partial charge < -0.3 is 15.2 Å². The van der Waals surface area contributed by atoms with E-state index in [1.165, 1.54) is 0 Å². The average molecular weight is 269 g/mol. The van der Waals surface area contributed by atoms with Crippen LogP contribution in [0.4, 0.5) is 5.69 Å². The zero-order valence-corrected chi connectivity index (χ0v) is 10.9. The van der Waals surface area contributed by atoms with Gasteiger partial charge in [0.15, 0.2) is 11.9 Å². The Bertz CT molecular complexity index is 639. The predicted molar refractivity (Wildman–Crippen MR) is 76.2 cm³/mol. The normalized spacial score (nSPS) is 16.7. The number of benzene rings is 2. The number of ketones is 1. The molecule has 0 aromatic heterocycles. The van der Waals surface area contributed by atoms with Crippen LogP contribution >= 0.6 is 0 Å². The number of nitrogens with one attached hydrogen (secondary N) is 1. The lowest BCUT2D eigenvalue weighted by atomic mass is 10.0. The molecule has 1 aliphatic heterocycles. The van der Waals surface area contributed by atoms with E-state index in [2.05, 4.69) is 5.32 Å². The summed E-state index contributed by atoms with van der Waals surface area (Å²) in [7, 11) is 0. The van der Waals surface area contributed by atoms with Gasteiger partial charge in [-0.3, -0.25) is 4.79 Å². The van der Waals surface area contributed by atoms with Crippen LogP contribution in [-0.4, -0.2) is 23.5 Å². The average Bonchev–Trinajstić information content (AvgIpc) is 2.47. The molecule has 20 heavy (non-hydrogen) atoms. The summed E-state index contributed by atoms with van der Waals surface area (Å²) in [5.41, 5.74) is 1.70. The lowest BCUT2D eigenvalue weighted by Crippen LogP contribution is -2.38. The summed E-state index contributed by atoms with van der Waals surface area (Å²) in [6, 6.07) is 14.3. The molecule has 3 rings (SSSR count). The standard InChI is InChI=1S/C16H15NO3/c18-12-5-3-4-11(8-12)9-14(19)16-10-17-13-6-1-2-7-15(13)20-16/h1-8,16-18H,9-10H2. The largest absolute Gasteiger partial charge is 0.508 e. The molecule has 0 bridgehead atoms. The third kappa shape index (κ3) is 2.59. The second kappa shape index (κ2) is 5.25. The molecule has 4 heteroatoms. The summed E-state index contributed by atoms with van der Waals surface area (Å²) in [5.74, 6) is 0.869. The predicted octanol–water partition coefficient (Wildman–Crippen LogP) is 2.38. The Morgan fingerprint density at radius 2 is 2.10 bits per heavy atom. The van der Waals surface area contributed by atoms with Crippen molar-refractivity contribution >= 4 is 11.5 Å². The van der Waals surface area contributed by atoms with Crippen LogP contribution in [0, 0.1) is 0 Å². The van der Waals surface area contributed by atoms with Gasteiger partial charge in [-0.1, -0.05) is 24.3 Å². The summed E-state index contributed by atoms with van der Waals surface area (Å²) in [6.07, 6.45) is -0.240. The van der Waals surface area contributed by atoms with E-state index in [-0.39, 0.29) is 18.0 Å². The Labute approximate surface area is 117 Å². The summed E-state index contributed by atoms with van der Waals surface area (Å²) in [6.45, 7) is 0.467. The van der Waals surface area contributed by atoms with Crippen LogP contribution in [0.15, 0.2) is 48.5 Å². The van der Waals surface area contributed by atoms with Crippen molar-refractivity contribution in [2.75, 3.05) is 11.9 Å². The first-order valence-corrected chi connectivity index (χ1v) is 6.52. The highest BCUT2D eigenvalue weighted by molar-refractivity contribution is 5.87. The van der Waals surface area contributed by atoms with Gasteiger partial charge in [0, 0.05) is 6.42 Å². The van der Waals surface area contributed by atoms with E-state index in [4.69, 9.17) is 4.74 Å². The quantitative estimate of drug-likeness (QED) is 0.898. The van der Waals surface area contributed by atoms with Crippen LogP contribution in [0.2, 0.25) is 0 Å². The van der Waals surface area contributed by atoms with Crippen molar-refractivity contribution in [2.45, 2.75) is 12.5 Å². The van der Waals surface area contributed by atoms with Crippen molar-refractivity contribution in [1.29, 1.82) is 0 Å². The highest BCUT2D eigenvalue weighted by Gasteiger charge is 2.25. The van der Waals surface area contributed by atoms with Gasteiger partial charge in [0.05, 0.1) is 12.2 Å². The van der Waals surface area contributed by atoms with Crippen LogP contribution in [0.1, 0.15) is 5.56 Å². The molecule has 102 valence electrons. The Balaban J connectivity index is 1.70. The molecule has 0 saturated carbocycles. The van der Waals surface area contributed by atoms with E-state index >= 15 is 0 Å². The number of para-hydroxylation sites is 2. The number of anilines is 1. The van der Waals surface area contributed by atoms with Crippen molar-refractivity contribution in [3.63, 3.8) is 0 Å². The minimum absolute atomic E-state index is 0.00222. The smallest absolute Gasteiger partial charge is 0.179 e. The third-order valence-electron chi connectivity index (χ3n) is 3.28. The molecule has 0 saturated heterocycles. The number of carbonyl (C=O) groups excluding carboxylic acids is 1. The number of phenolic OH excluding ortho intramolecular Hbond substituents is 1. The Morgan fingerprint density at radius 3 is 2.95 bits per heavy atom. The lowest BCUT2D eigenvalue weighted by Gasteiger charge is -2.26. The molecule has 0 radical (unpaired) electrons. The molecule has 0 aliphatic carbocycles. The highest BCUT2D eigenvalue weighted by Crippen LogP contribution is 2.28. The van der Waals surface area contributed by atoms with Gasteiger partial charge >= 0.3 is 0 Å². The van der Waals surface area contributed by atoms with Gasteiger partial charge in [-0.25, -0.2) is 0 Å². The molecular weight excluding hydrogens is 254 g/mol. The van der Waals surface area contributed by atoms with E-state index in [9.17, 15) is 9.90 Å². The number of carbonyl (C=O) groups is 1. The Hall–Kier alpha value is -2.49. The summed E-state index contributed by atoms with van der Waals surface area (Å²) in [4.78, 5) is 12.2. The summed E-state index contributed by atoms with van der Waals surface area (Å²) < 4.78 is 5.72. The first-order valence-electron chi connectivity index (χ1n) is 6.52. The number of rotatable bonds is 3. The van der Waals surface area contributed by atoms with E-state index < -0.39 is 6.10 Å². The number of Topliss-reactive ketones (excluding diaryl/α,β-unsaturated/α-hetero) is 1. The number of hydrogen-bond donors (Lipinski definition) is 2. The maximum Gasteiger partial charge on any atom is 0.179 e. The molecule has 0 fully saturated rings. The van der Waals surface area contributed by atoms with Crippen LogP contribution in [-0.2, 0) is 11.2 Å². The second-order valence-corrected chi connectivity index (χ2v) is 4.80. The maximum absolute atomic E-state index is 12.2. The van der Waals surface area contributed by atoms with Gasteiger partial charge in [0.25, 0.3) is 0 Å². The number of ether oxygens (including phenoxy) is 1. The zero-order valence-electron chi connectivity index (χ0n) is 10.9. The number of phenols is 1. The second-order valence-electron chi connectivity index (χ2n) is 4.80. The molecule has 1 unspecified atom stereocenters. The molecule has 1 heterocycles. The van der Waals surface area contributed by atoms with Crippen molar-refractivity contribution in [3.8, 4) is 11.5 Å². The van der Waals surface area contributed by atoms with Gasteiger partial charge in [-0.15, -0.1) is 0 Å². The molecule has 4 nitrogen and oxygen atoms in total. The number of aromatic hydroxyl groups is 1. The van der Waals surface area contributed by atoms with Crippen LogP contribution in [0.5, 0.6) is 11.5 Å². The Kier molecular flexibility index (Phi) is 3.29. The molecule has 2 aromatic carbocycles. The Morgan fingerprint density at radius 1 is 1.25 bits per heavy atom. The maximum atomic E-state index is 12.2. The zero-order chi connectivity index (χ0) is 13.9. The van der Waals surface area contributed by atoms with Gasteiger partial charge in [0.1, 0.15) is 11.5 Å². The molecule has 0 amide bonds. The number of hydrogen-bond acceptors (Lipinski definition) is 4. The minimum Gasteiger partial charge on any atom is -0.508 e. The van der Waals surface area contributed by atoms with Crippen molar-refractivity contribution in [3.05, 3.63) is 54.1 Å². The fraction of sp³-hybridized carbons (Fsp3) is 0.188. The van der Waals surface area contributed by atoms with Gasteiger partial charge in [0.2, 0.25) is 0 Å². The SMILES string of the molecule is O=C(Cc1cccc(O)c1)C1CNc2ccccc2O1. The van der Waals surface area contributed by atoms with E-state index in [0.717, 1.165) is 11.3 Å². The molecule has 2 aromatic rings. The molecule has 0 spiro atoms. The minimum atomic E-state index is -0.493. The topological polar surface area (TPSA) is 58.6 Å². The van der Waals surface area contributed by atoms with E-state index in [1.54, 1.807) is 18.2 Å². The highest BCUT2D eigenvalue weighted by atomic mass is 16.5. The first kappa shape index (κ1) is 12.5. The lowest BCUT2D eigenvalue weighted by molar-refractivity contribution is -0.124. The van der Waals surface area contributed by atoms with Crippen molar-refractivity contribution in [2.24, 2.45) is 0 Å². The summed E-state index contributed by atoms with van der Waals surface area (Å²) >= 11 is 0. The van der Waals surface area contributed by atoms with Crippen LogP contribution < -0.4 is 10.1 Å². The van der Waals surface area contributed by atoms with Crippen molar-refractivity contribution in [1.82, 2.24) is 0 Å². The summed E-state index contributed by atoms with van der Waals surface area (Å²) in [5, 5.41) is 12.6. The molecule has 2 N–H and O–H groups in total. The molecule has 1 atom stereocenters. The van der Waals surface area contributed by atoms with Gasteiger partial charge in [-0.2, -0.15) is 0 Å². The van der Waals surface area contributed by atoms with Crippen molar-refractivity contribution < 1.29 is 14.6 Å². The molecular formula is C16H15NO3. The monoisotopic (exact) mass is 269 g/mol. The fourth-order valence-electron chi connectivity index (χ4n) is 2.27. The van der Waals surface area contributed by atoms with Crippen LogP contribution in [0.3, 0.4) is 0 Å². The van der Waals surface area contributed by atoms with Gasteiger partial charge in [-0.05, 0) is 29.8 Å². The third-order valence-corrected chi connectivity index (χ3v) is 3.28. The fourth-order valence-corrected chi connectivity index (χ4v) is 2.27. The van der Waals surface area contributed by atoms with E-state index in [0.29, 0.717) is 12.3 Å². The molecule has 1 aliphatic rings. The number of fused-ring (bicyclic) bond motifs is 1. The van der Waals surface area contributed by atoms with E-state index in [1.807, 2.05) is 30.3 Å². The van der Waals surface area contributed by atoms with Crippen LogP contribution in [0.25, 0.3) is 0 Å².